The molecular weight excluding hydrogens is 266 g/mol. The van der Waals surface area contributed by atoms with Gasteiger partial charge in [0.25, 0.3) is 0 Å². The summed E-state index contributed by atoms with van der Waals surface area (Å²) in [5.74, 6) is -0.331. The molecule has 0 aliphatic heterocycles. The number of ether oxygens (including phenoxy) is 1. The van der Waals surface area contributed by atoms with Crippen molar-refractivity contribution in [3.05, 3.63) is 59.7 Å². The van der Waals surface area contributed by atoms with E-state index in [0.29, 0.717) is 11.1 Å². The van der Waals surface area contributed by atoms with Crippen LogP contribution in [0.1, 0.15) is 15.9 Å². The quantitative estimate of drug-likeness (QED) is 0.390. The molecule has 0 spiro atoms. The van der Waals surface area contributed by atoms with E-state index in [9.17, 15) is 4.79 Å². The summed E-state index contributed by atoms with van der Waals surface area (Å²) in [4.78, 5) is 14.1. The lowest BCUT2D eigenvalue weighted by Gasteiger charge is -2.13. The van der Waals surface area contributed by atoms with E-state index in [1.807, 2.05) is 31.1 Å². The first-order valence-corrected chi connectivity index (χ1v) is 6.42. The van der Waals surface area contributed by atoms with Crippen molar-refractivity contribution in [3.8, 4) is 5.75 Å². The first-order chi connectivity index (χ1) is 9.99. The van der Waals surface area contributed by atoms with Crippen LogP contribution in [0.5, 0.6) is 5.75 Å². The van der Waals surface area contributed by atoms with Gasteiger partial charge in [-0.25, -0.2) is 4.79 Å². The smallest absolute Gasteiger partial charge is 0.343 e. The van der Waals surface area contributed by atoms with E-state index in [1.54, 1.807) is 36.4 Å². The highest BCUT2D eigenvalue weighted by Crippen LogP contribution is 2.19. The number of carbonyl (C=O) groups is 1. The van der Waals surface area contributed by atoms with Crippen LogP contribution >= 0.6 is 0 Å². The van der Waals surface area contributed by atoms with E-state index < -0.39 is 5.97 Å². The Labute approximate surface area is 123 Å². The van der Waals surface area contributed by atoms with Gasteiger partial charge in [-0.2, -0.15) is 0 Å². The van der Waals surface area contributed by atoms with Crippen LogP contribution in [0.25, 0.3) is 0 Å². The summed E-state index contributed by atoms with van der Waals surface area (Å²) in [6.45, 7) is 0. The Morgan fingerprint density at radius 1 is 1.10 bits per heavy atom. The fourth-order valence-corrected chi connectivity index (χ4v) is 1.83. The number of hydrogen-bond acceptors (Lipinski definition) is 4. The first-order valence-electron chi connectivity index (χ1n) is 6.42. The summed E-state index contributed by atoms with van der Waals surface area (Å²) in [7, 11) is 3.85. The molecule has 0 unspecified atom stereocenters. The van der Waals surface area contributed by atoms with Crippen LogP contribution in [0.15, 0.2) is 48.5 Å². The molecule has 2 aromatic carbocycles. The second kappa shape index (κ2) is 6.09. The van der Waals surface area contributed by atoms with E-state index >= 15 is 0 Å². The maximum Gasteiger partial charge on any atom is 0.343 e. The zero-order chi connectivity index (χ0) is 15.4. The van der Waals surface area contributed by atoms with Crippen molar-refractivity contribution >= 4 is 17.5 Å². The maximum atomic E-state index is 12.1. The number of nitrogens with zero attached hydrogens (tertiary/aromatic N) is 1. The highest BCUT2D eigenvalue weighted by molar-refractivity contribution is 5.99. The molecule has 0 radical (unpaired) electrons. The molecule has 0 bridgehead atoms. The minimum absolute atomic E-state index is 0.138. The number of benzene rings is 2. The van der Waals surface area contributed by atoms with Crippen molar-refractivity contribution in [1.82, 2.24) is 0 Å². The number of rotatable bonds is 4. The number of anilines is 1. The Hall–Kier alpha value is -2.82. The normalized spacial score (nSPS) is 10.0. The number of carbonyl (C=O) groups excluding carboxylic acids is 1. The average Bonchev–Trinajstić information content (AvgIpc) is 2.47. The molecular formula is C16H17N3O2. The molecule has 0 amide bonds. The Bertz CT molecular complexity index is 663. The summed E-state index contributed by atoms with van der Waals surface area (Å²) in [6, 6.07) is 13.8. The average molecular weight is 283 g/mol. The number of hydrogen-bond donors (Lipinski definition) is 2. The van der Waals surface area contributed by atoms with Crippen LogP contribution in [0.3, 0.4) is 0 Å². The predicted molar refractivity (Wildman–Crippen MR) is 83.2 cm³/mol. The van der Waals surface area contributed by atoms with E-state index in [1.165, 1.54) is 0 Å². The van der Waals surface area contributed by atoms with Gasteiger partial charge in [0.15, 0.2) is 0 Å². The van der Waals surface area contributed by atoms with Gasteiger partial charge in [0.2, 0.25) is 0 Å². The minimum atomic E-state index is -0.478. The fourth-order valence-electron chi connectivity index (χ4n) is 1.83. The van der Waals surface area contributed by atoms with Crippen LogP contribution in [-0.2, 0) is 0 Å². The number of esters is 1. The third kappa shape index (κ3) is 3.39. The first kappa shape index (κ1) is 14.6. The number of nitrogen functional groups attached to an aromatic ring is 1. The zero-order valence-corrected chi connectivity index (χ0v) is 12.0. The van der Waals surface area contributed by atoms with Gasteiger partial charge in [-0.15, -0.1) is 0 Å². The van der Waals surface area contributed by atoms with Gasteiger partial charge in [-0.3, -0.25) is 5.41 Å². The zero-order valence-electron chi connectivity index (χ0n) is 12.0. The summed E-state index contributed by atoms with van der Waals surface area (Å²) < 4.78 is 5.32. The molecule has 108 valence electrons. The topological polar surface area (TPSA) is 79.4 Å². The predicted octanol–water partition coefficient (Wildman–Crippen LogP) is 2.26. The largest absolute Gasteiger partial charge is 0.422 e. The van der Waals surface area contributed by atoms with E-state index in [4.69, 9.17) is 15.9 Å². The van der Waals surface area contributed by atoms with Crippen LogP contribution in [0.4, 0.5) is 5.69 Å². The SMILES string of the molecule is CN(C)c1ccc(C(=O)Oc2ccccc2C(=N)N)cc1. The number of para-hydroxylation sites is 1. The van der Waals surface area contributed by atoms with Crippen molar-refractivity contribution in [2.45, 2.75) is 0 Å². The van der Waals surface area contributed by atoms with Crippen molar-refractivity contribution in [1.29, 1.82) is 5.41 Å². The molecule has 3 N–H and O–H groups in total. The van der Waals surface area contributed by atoms with E-state index in [-0.39, 0.29) is 11.6 Å². The van der Waals surface area contributed by atoms with Crippen LogP contribution in [-0.4, -0.2) is 25.9 Å². The third-order valence-corrected chi connectivity index (χ3v) is 3.00. The van der Waals surface area contributed by atoms with E-state index in [0.717, 1.165) is 5.69 Å². The summed E-state index contributed by atoms with van der Waals surface area (Å²) in [5.41, 5.74) is 7.31. The molecule has 0 saturated carbocycles. The van der Waals surface area contributed by atoms with Gasteiger partial charge in [-0.1, -0.05) is 12.1 Å². The fraction of sp³-hybridized carbons (Fsp3) is 0.125. The second-order valence-electron chi connectivity index (χ2n) is 4.74. The van der Waals surface area contributed by atoms with Gasteiger partial charge in [0, 0.05) is 19.8 Å². The number of nitrogens with two attached hydrogens (primary N) is 1. The molecule has 0 aromatic heterocycles. The van der Waals surface area contributed by atoms with E-state index in [2.05, 4.69) is 0 Å². The maximum absolute atomic E-state index is 12.1. The Balaban J connectivity index is 2.20. The Morgan fingerprint density at radius 2 is 1.71 bits per heavy atom. The van der Waals surface area contributed by atoms with Gasteiger partial charge >= 0.3 is 5.97 Å². The van der Waals surface area contributed by atoms with Crippen molar-refractivity contribution < 1.29 is 9.53 Å². The molecule has 0 heterocycles. The highest BCUT2D eigenvalue weighted by Gasteiger charge is 2.12. The molecule has 2 aromatic rings. The molecule has 5 nitrogen and oxygen atoms in total. The van der Waals surface area contributed by atoms with Crippen molar-refractivity contribution in [2.24, 2.45) is 5.73 Å². The standard InChI is InChI=1S/C16H17N3O2/c1-19(2)12-9-7-11(8-10-12)16(20)21-14-6-4-3-5-13(14)15(17)18/h3-10H,1-2H3,(H3,17,18). The van der Waals surface area contributed by atoms with Crippen LogP contribution < -0.4 is 15.4 Å². The minimum Gasteiger partial charge on any atom is -0.422 e. The second-order valence-corrected chi connectivity index (χ2v) is 4.74. The Morgan fingerprint density at radius 3 is 2.29 bits per heavy atom. The number of amidine groups is 1. The molecule has 0 fully saturated rings. The molecule has 0 aliphatic carbocycles. The van der Waals surface area contributed by atoms with Crippen LogP contribution in [0.2, 0.25) is 0 Å². The summed E-state index contributed by atoms with van der Waals surface area (Å²) in [6.07, 6.45) is 0. The molecule has 0 saturated heterocycles. The van der Waals surface area contributed by atoms with Gasteiger partial charge in [-0.05, 0) is 36.4 Å². The Kier molecular flexibility index (Phi) is 4.23. The monoisotopic (exact) mass is 283 g/mol. The molecule has 0 aliphatic rings. The lowest BCUT2D eigenvalue weighted by atomic mass is 10.1. The molecule has 2 rings (SSSR count). The van der Waals surface area contributed by atoms with Crippen molar-refractivity contribution in [2.75, 3.05) is 19.0 Å². The van der Waals surface area contributed by atoms with Gasteiger partial charge in [0.05, 0.1) is 11.1 Å². The molecule has 0 atom stereocenters. The third-order valence-electron chi connectivity index (χ3n) is 3.00. The summed E-state index contributed by atoms with van der Waals surface area (Å²) >= 11 is 0. The molecule has 5 heteroatoms. The lowest BCUT2D eigenvalue weighted by molar-refractivity contribution is 0.0734. The van der Waals surface area contributed by atoms with Gasteiger partial charge < -0.3 is 15.4 Å². The van der Waals surface area contributed by atoms with Crippen LogP contribution in [0, 0.1) is 5.41 Å². The summed E-state index contributed by atoms with van der Waals surface area (Å²) in [5, 5.41) is 7.48. The molecule has 21 heavy (non-hydrogen) atoms. The lowest BCUT2D eigenvalue weighted by Crippen LogP contribution is -2.16. The highest BCUT2D eigenvalue weighted by atomic mass is 16.5. The van der Waals surface area contributed by atoms with Gasteiger partial charge in [0.1, 0.15) is 11.6 Å². The van der Waals surface area contributed by atoms with Crippen molar-refractivity contribution in [3.63, 3.8) is 0 Å². The number of nitrogens with one attached hydrogen (secondary N) is 1.